The maximum atomic E-state index is 13.5. The molecule has 28 heavy (non-hydrogen) atoms. The third kappa shape index (κ3) is 5.23. The van der Waals surface area contributed by atoms with E-state index in [-0.39, 0.29) is 12.1 Å². The van der Waals surface area contributed by atoms with Crippen molar-refractivity contribution in [3.8, 4) is 0 Å². The van der Waals surface area contributed by atoms with E-state index < -0.39 is 23.4 Å². The lowest BCUT2D eigenvalue weighted by Gasteiger charge is -2.09. The van der Waals surface area contributed by atoms with Gasteiger partial charge < -0.3 is 15.2 Å². The van der Waals surface area contributed by atoms with E-state index in [4.69, 9.17) is 0 Å². The number of imidazole rings is 1. The number of carbonyl (C=O) groups excluding carboxylic acids is 2. The lowest BCUT2D eigenvalue weighted by Crippen LogP contribution is -2.36. The smallest absolute Gasteiger partial charge is 0.254 e. The van der Waals surface area contributed by atoms with Crippen LogP contribution in [-0.4, -0.2) is 27.9 Å². The molecule has 0 saturated carbocycles. The first kappa shape index (κ1) is 19.2. The second-order valence-corrected chi connectivity index (χ2v) is 6.14. The average molecular weight is 384 g/mol. The Morgan fingerprint density at radius 2 is 1.75 bits per heavy atom. The summed E-state index contributed by atoms with van der Waals surface area (Å²) < 4.78 is 28.4. The van der Waals surface area contributed by atoms with E-state index >= 15 is 0 Å². The summed E-state index contributed by atoms with van der Waals surface area (Å²) in [5, 5.41) is 4.98. The fourth-order valence-electron chi connectivity index (χ4n) is 2.55. The predicted molar refractivity (Wildman–Crippen MR) is 98.3 cm³/mol. The highest BCUT2D eigenvalue weighted by Crippen LogP contribution is 2.09. The van der Waals surface area contributed by atoms with Gasteiger partial charge in [-0.25, -0.2) is 13.8 Å². The van der Waals surface area contributed by atoms with E-state index in [1.54, 1.807) is 12.5 Å². The summed E-state index contributed by atoms with van der Waals surface area (Å²) in [5.41, 5.74) is 1.68. The van der Waals surface area contributed by atoms with E-state index in [1.807, 2.05) is 35.0 Å². The number of nitrogens with one attached hydrogen (secondary N) is 2. The van der Waals surface area contributed by atoms with Gasteiger partial charge >= 0.3 is 0 Å². The molecule has 0 radical (unpaired) electrons. The third-order valence-electron chi connectivity index (χ3n) is 4.02. The molecule has 3 rings (SSSR count). The molecular formula is C20H18F2N4O2. The van der Waals surface area contributed by atoms with Crippen LogP contribution < -0.4 is 10.6 Å². The summed E-state index contributed by atoms with van der Waals surface area (Å²) in [4.78, 5) is 27.7. The van der Waals surface area contributed by atoms with Crippen LogP contribution in [0.1, 0.15) is 21.5 Å². The summed E-state index contributed by atoms with van der Waals surface area (Å²) in [6.07, 6.45) is 5.33. The number of nitrogens with zero attached hydrogens (tertiary/aromatic N) is 2. The molecule has 0 saturated heterocycles. The van der Waals surface area contributed by atoms with Gasteiger partial charge in [0.15, 0.2) is 0 Å². The number of rotatable bonds is 7. The molecule has 0 aliphatic heterocycles. The van der Waals surface area contributed by atoms with Crippen molar-refractivity contribution in [2.45, 2.75) is 13.1 Å². The van der Waals surface area contributed by atoms with Crippen molar-refractivity contribution in [3.05, 3.63) is 89.5 Å². The summed E-state index contributed by atoms with van der Waals surface area (Å²) in [5.74, 6) is -2.95. The van der Waals surface area contributed by atoms with Crippen LogP contribution in [0.25, 0.3) is 0 Å². The Kier molecular flexibility index (Phi) is 6.11. The largest absolute Gasteiger partial charge is 0.350 e. The molecule has 0 aliphatic rings. The van der Waals surface area contributed by atoms with Crippen LogP contribution in [0.2, 0.25) is 0 Å². The number of amides is 2. The van der Waals surface area contributed by atoms with Gasteiger partial charge in [-0.1, -0.05) is 24.3 Å². The Hall–Kier alpha value is -3.55. The fourth-order valence-corrected chi connectivity index (χ4v) is 2.55. The molecule has 144 valence electrons. The first-order valence-corrected chi connectivity index (χ1v) is 8.55. The van der Waals surface area contributed by atoms with Crippen molar-refractivity contribution in [2.24, 2.45) is 0 Å². The van der Waals surface area contributed by atoms with Crippen molar-refractivity contribution in [2.75, 3.05) is 6.54 Å². The van der Waals surface area contributed by atoms with Crippen molar-refractivity contribution in [1.82, 2.24) is 20.2 Å². The number of halogens is 2. The summed E-state index contributed by atoms with van der Waals surface area (Å²) in [6.45, 7) is 0.692. The second-order valence-electron chi connectivity index (χ2n) is 6.14. The second kappa shape index (κ2) is 8.90. The number of benzene rings is 2. The van der Waals surface area contributed by atoms with E-state index in [9.17, 15) is 18.4 Å². The molecule has 1 aromatic heterocycles. The molecule has 0 bridgehead atoms. The molecule has 3 aromatic rings. The minimum Gasteiger partial charge on any atom is -0.350 e. The lowest BCUT2D eigenvalue weighted by molar-refractivity contribution is -0.120. The van der Waals surface area contributed by atoms with Gasteiger partial charge in [0.25, 0.3) is 5.91 Å². The van der Waals surface area contributed by atoms with Crippen LogP contribution in [-0.2, 0) is 17.9 Å². The van der Waals surface area contributed by atoms with Crippen LogP contribution in [0.15, 0.2) is 61.2 Å². The van der Waals surface area contributed by atoms with Crippen LogP contribution in [0.5, 0.6) is 0 Å². The van der Waals surface area contributed by atoms with E-state index in [0.29, 0.717) is 19.2 Å². The van der Waals surface area contributed by atoms with Crippen molar-refractivity contribution < 1.29 is 18.4 Å². The molecule has 1 heterocycles. The zero-order valence-corrected chi connectivity index (χ0v) is 14.9. The quantitative estimate of drug-likeness (QED) is 0.656. The minimum absolute atomic E-state index is 0.297. The van der Waals surface area contributed by atoms with Crippen LogP contribution in [0.4, 0.5) is 8.78 Å². The van der Waals surface area contributed by atoms with Crippen LogP contribution >= 0.6 is 0 Å². The summed E-state index contributed by atoms with van der Waals surface area (Å²) in [6, 6.07) is 10.3. The van der Waals surface area contributed by atoms with Gasteiger partial charge in [-0.2, -0.15) is 0 Å². The summed E-state index contributed by atoms with van der Waals surface area (Å²) >= 11 is 0. The topological polar surface area (TPSA) is 76.0 Å². The Morgan fingerprint density at radius 1 is 1.00 bits per heavy atom. The molecule has 2 N–H and O–H groups in total. The number of hydrogen-bond acceptors (Lipinski definition) is 3. The highest BCUT2D eigenvalue weighted by molar-refractivity contribution is 5.96. The lowest BCUT2D eigenvalue weighted by atomic mass is 10.1. The Balaban J connectivity index is 1.44. The van der Waals surface area contributed by atoms with Gasteiger partial charge in [-0.15, -0.1) is 0 Å². The van der Waals surface area contributed by atoms with Crippen LogP contribution in [0, 0.1) is 11.6 Å². The van der Waals surface area contributed by atoms with Gasteiger partial charge in [-0.05, 0) is 23.3 Å². The van der Waals surface area contributed by atoms with Crippen molar-refractivity contribution >= 4 is 11.8 Å². The zero-order chi connectivity index (χ0) is 19.9. The highest BCUT2D eigenvalue weighted by Gasteiger charge is 2.13. The molecule has 0 spiro atoms. The molecule has 2 amide bonds. The Bertz CT molecular complexity index is 957. The molecule has 8 heteroatoms. The first-order valence-electron chi connectivity index (χ1n) is 8.55. The Morgan fingerprint density at radius 3 is 2.43 bits per heavy atom. The molecule has 0 unspecified atom stereocenters. The zero-order valence-electron chi connectivity index (χ0n) is 14.9. The molecule has 2 aromatic carbocycles. The maximum absolute atomic E-state index is 13.5. The van der Waals surface area contributed by atoms with Crippen molar-refractivity contribution in [1.29, 1.82) is 0 Å². The molecular weight excluding hydrogens is 366 g/mol. The molecule has 0 fully saturated rings. The molecule has 0 aliphatic carbocycles. The third-order valence-corrected chi connectivity index (χ3v) is 4.02. The predicted octanol–water partition coefficient (Wildman–Crippen LogP) is 2.26. The molecule has 6 nitrogen and oxygen atoms in total. The summed E-state index contributed by atoms with van der Waals surface area (Å²) in [7, 11) is 0. The van der Waals surface area contributed by atoms with E-state index in [0.717, 1.165) is 23.3 Å². The number of hydrogen-bond donors (Lipinski definition) is 2. The fraction of sp³-hybridized carbons (Fsp3) is 0.150. The number of aromatic nitrogens is 2. The van der Waals surface area contributed by atoms with Gasteiger partial charge in [0, 0.05) is 31.5 Å². The normalized spacial score (nSPS) is 10.5. The SMILES string of the molecule is O=C(CNC(=O)c1ccc(F)cc1F)NCc1ccc(Cn2ccnc2)cc1. The molecule has 0 atom stereocenters. The first-order chi connectivity index (χ1) is 13.5. The maximum Gasteiger partial charge on any atom is 0.254 e. The van der Waals surface area contributed by atoms with E-state index in [1.165, 1.54) is 0 Å². The van der Waals surface area contributed by atoms with Gasteiger partial charge in [-0.3, -0.25) is 9.59 Å². The van der Waals surface area contributed by atoms with Gasteiger partial charge in [0.1, 0.15) is 11.6 Å². The van der Waals surface area contributed by atoms with Gasteiger partial charge in [0.2, 0.25) is 5.91 Å². The van der Waals surface area contributed by atoms with Crippen molar-refractivity contribution in [3.63, 3.8) is 0 Å². The van der Waals surface area contributed by atoms with E-state index in [2.05, 4.69) is 15.6 Å². The monoisotopic (exact) mass is 384 g/mol. The van der Waals surface area contributed by atoms with Crippen LogP contribution in [0.3, 0.4) is 0 Å². The Labute approximate surface area is 160 Å². The highest BCUT2D eigenvalue weighted by atomic mass is 19.1. The minimum atomic E-state index is -0.978. The standard InChI is InChI=1S/C20H18F2N4O2/c21-16-5-6-17(18(22)9-16)20(28)25-11-19(27)24-10-14-1-3-15(4-2-14)12-26-8-7-23-13-26/h1-9,13H,10-12H2,(H,24,27)(H,25,28). The van der Waals surface area contributed by atoms with Gasteiger partial charge in [0.05, 0.1) is 18.4 Å². The average Bonchev–Trinajstić information content (AvgIpc) is 3.18. The number of carbonyl (C=O) groups is 2.